The zero-order valence-electron chi connectivity index (χ0n) is 35.4. The van der Waals surface area contributed by atoms with E-state index in [-0.39, 0.29) is 18.8 Å². The first-order valence-corrected chi connectivity index (χ1v) is 22.0. The lowest BCUT2D eigenvalue weighted by atomic mass is 9.85. The molecule has 0 radical (unpaired) electrons. The Morgan fingerprint density at radius 3 is 2.30 bits per heavy atom. The Bertz CT molecular complexity index is 1920. The molecule has 3 atom stereocenters. The zero-order valence-corrected chi connectivity index (χ0v) is 37.0. The summed E-state index contributed by atoms with van der Waals surface area (Å²) in [7, 11) is 1.94. The van der Waals surface area contributed by atoms with E-state index in [9.17, 15) is 14.4 Å². The Balaban J connectivity index is 0.000000322. The fourth-order valence-corrected chi connectivity index (χ4v) is 8.96. The van der Waals surface area contributed by atoms with Crippen molar-refractivity contribution in [3.63, 3.8) is 0 Å². The second-order valence-electron chi connectivity index (χ2n) is 14.8. The van der Waals surface area contributed by atoms with Gasteiger partial charge in [-0.2, -0.15) is 0 Å². The number of carbonyl (C=O) groups excluding carboxylic acids is 3. The number of ether oxygens (including phenoxy) is 2. The average molecular weight is 811 g/mol. The maximum absolute atomic E-state index is 12.9. The third-order valence-electron chi connectivity index (χ3n) is 10.6. The highest BCUT2D eigenvalue weighted by Crippen LogP contribution is 2.39. The van der Waals surface area contributed by atoms with Crippen LogP contribution in [0.3, 0.4) is 0 Å². The minimum absolute atomic E-state index is 0.0816. The largest absolute Gasteiger partial charge is 0.464 e. The van der Waals surface area contributed by atoms with E-state index in [1.807, 2.05) is 24.1 Å². The van der Waals surface area contributed by atoms with E-state index in [0.29, 0.717) is 24.8 Å². The van der Waals surface area contributed by atoms with Gasteiger partial charge in [0.2, 0.25) is 0 Å². The Kier molecular flexibility index (Phi) is 19.5. The molecule has 1 saturated carbocycles. The van der Waals surface area contributed by atoms with Crippen molar-refractivity contribution in [2.45, 2.75) is 131 Å². The lowest BCUT2D eigenvalue weighted by molar-refractivity contribution is -0.154. The molecule has 1 fully saturated rings. The minimum Gasteiger partial charge on any atom is -0.464 e. The maximum atomic E-state index is 12.9. The van der Waals surface area contributed by atoms with Crippen LogP contribution in [-0.2, 0) is 23.9 Å². The Morgan fingerprint density at radius 2 is 1.70 bits per heavy atom. The summed E-state index contributed by atoms with van der Waals surface area (Å²) in [5.41, 5.74) is 7.39. The second kappa shape index (κ2) is 23.7. The molecule has 0 bridgehead atoms. The van der Waals surface area contributed by atoms with Crippen LogP contribution in [0.5, 0.6) is 0 Å². The van der Waals surface area contributed by atoms with Gasteiger partial charge >= 0.3 is 11.9 Å². The monoisotopic (exact) mass is 810 g/mol. The number of allylic oxidation sites excluding steroid dienone is 7. The van der Waals surface area contributed by atoms with Gasteiger partial charge in [0.25, 0.3) is 0 Å². The molecule has 3 heterocycles. The van der Waals surface area contributed by atoms with Crippen LogP contribution in [0.4, 0.5) is 5.69 Å². The normalized spacial score (nSPS) is 17.4. The van der Waals surface area contributed by atoms with Crippen molar-refractivity contribution >= 4 is 57.4 Å². The van der Waals surface area contributed by atoms with Gasteiger partial charge < -0.3 is 14.4 Å². The first-order valence-electron chi connectivity index (χ1n) is 20.4. The van der Waals surface area contributed by atoms with Crippen molar-refractivity contribution in [1.82, 2.24) is 0 Å². The fraction of sp³-hybridized carbons (Fsp3) is 0.500. The predicted octanol–water partition coefficient (Wildman–Crippen LogP) is 11.3. The number of thiophene rings is 2. The Labute approximate surface area is 350 Å². The zero-order chi connectivity index (χ0) is 42.1. The topological polar surface area (TPSA) is 85.3 Å². The third kappa shape index (κ3) is 13.6. The highest BCUT2D eigenvalue weighted by atomic mass is 32.1. The van der Waals surface area contributed by atoms with E-state index in [2.05, 4.69) is 77.3 Å². The molecule has 2 aliphatic rings. The Morgan fingerprint density at radius 1 is 1.02 bits per heavy atom. The third-order valence-corrected chi connectivity index (χ3v) is 12.8. The molecule has 1 aliphatic heterocycles. The maximum Gasteiger partial charge on any atom is 0.332 e. The molecule has 2 aromatic heterocycles. The number of fused-ring (bicyclic) bond motifs is 1. The van der Waals surface area contributed by atoms with Crippen LogP contribution in [0.25, 0.3) is 5.57 Å². The minimum atomic E-state index is -0.759. The molecule has 3 unspecified atom stereocenters. The number of nitrogens with zero attached hydrogens (tertiary/aromatic N) is 2. The van der Waals surface area contributed by atoms with Crippen molar-refractivity contribution in [3.8, 4) is 24.7 Å². The summed E-state index contributed by atoms with van der Waals surface area (Å²) in [6.45, 7) is 18.3. The number of hydrogen-bond acceptors (Lipinski definition) is 9. The molecule has 9 heteroatoms. The first-order chi connectivity index (χ1) is 27.3. The van der Waals surface area contributed by atoms with E-state index in [1.165, 1.54) is 47.4 Å². The van der Waals surface area contributed by atoms with Gasteiger partial charge in [-0.05, 0) is 94.1 Å². The average Bonchev–Trinajstić information content (AvgIpc) is 3.82. The van der Waals surface area contributed by atoms with Crippen molar-refractivity contribution < 1.29 is 23.9 Å². The SMILES string of the molecule is C#Cc1cc(C(C)CC)c(C(/C=C/C(=C\C=C)CC)=C(/C)CC)s1.C#Cc1cc2c(s1)C(C1CCCCC1)=NC(C(=O)OCCCC(=O)OC(C)C(C)=O)CN2C. The summed E-state index contributed by atoms with van der Waals surface area (Å²) >= 11 is 3.31. The summed E-state index contributed by atoms with van der Waals surface area (Å²) in [5, 5.41) is 0. The number of Topliss-reactive ketones (excluding diaryl/α,β-unsaturated/α-hetero) is 1. The molecule has 7 nitrogen and oxygen atoms in total. The van der Waals surface area contributed by atoms with Crippen LogP contribution in [0.1, 0.15) is 144 Å². The van der Waals surface area contributed by atoms with Gasteiger partial charge in [-0.1, -0.05) is 95.3 Å². The van der Waals surface area contributed by atoms with Crippen molar-refractivity contribution in [2.75, 3.05) is 25.1 Å². The van der Waals surface area contributed by atoms with Crippen LogP contribution in [0, 0.1) is 30.6 Å². The van der Waals surface area contributed by atoms with E-state index in [4.69, 9.17) is 27.3 Å². The number of terminal acetylenes is 2. The molecular weight excluding hydrogens is 749 g/mol. The molecule has 0 spiro atoms. The molecular formula is C48H62N2O5S2. The number of aliphatic imine (C=N–C) groups is 1. The van der Waals surface area contributed by atoms with Gasteiger partial charge in [0.1, 0.15) is 0 Å². The Hall–Kier alpha value is -4.44. The molecule has 306 valence electrons. The first kappa shape index (κ1) is 46.9. The standard InChI is InChI=1S/C25H32N2O5S.C23H30S/c1-5-19-14-21-24(33-19)23(18-10-7-6-8-11-18)26-20(15-27(21)4)25(30)31-13-9-12-22(29)32-17(3)16(2)28;1-8-13-19(11-4)14-15-21(17(6)9-2)23-22(18(7)10-3)16-20(12-5)24-23/h1,14,17-18,20H,6-13,15H2,2-4H3;5,8,13-16,18H,1,9-11H2,2-4,6-7H3/b;15-14+,19-13-,21-17-. The van der Waals surface area contributed by atoms with Crippen LogP contribution in [0.15, 0.2) is 59.2 Å². The quantitative estimate of drug-likeness (QED) is 0.0726. The summed E-state index contributed by atoms with van der Waals surface area (Å²) in [6.07, 6.45) is 28.2. The van der Waals surface area contributed by atoms with Crippen LogP contribution < -0.4 is 4.90 Å². The van der Waals surface area contributed by atoms with Gasteiger partial charge in [-0.15, -0.1) is 35.5 Å². The smallest absolute Gasteiger partial charge is 0.332 e. The number of esters is 2. The highest BCUT2D eigenvalue weighted by Gasteiger charge is 2.33. The van der Waals surface area contributed by atoms with Crippen LogP contribution in [-0.4, -0.2) is 55.8 Å². The molecule has 0 amide bonds. The van der Waals surface area contributed by atoms with Gasteiger partial charge in [0, 0.05) is 24.3 Å². The lowest BCUT2D eigenvalue weighted by Crippen LogP contribution is -2.34. The number of anilines is 1. The highest BCUT2D eigenvalue weighted by molar-refractivity contribution is 7.15. The van der Waals surface area contributed by atoms with E-state index >= 15 is 0 Å². The molecule has 1 aliphatic carbocycles. The van der Waals surface area contributed by atoms with Crippen molar-refractivity contribution in [3.05, 3.63) is 79.2 Å². The number of carbonyl (C=O) groups is 3. The van der Waals surface area contributed by atoms with Crippen molar-refractivity contribution in [1.29, 1.82) is 0 Å². The fourth-order valence-electron chi connectivity index (χ4n) is 6.67. The molecule has 57 heavy (non-hydrogen) atoms. The van der Waals surface area contributed by atoms with E-state index in [1.54, 1.807) is 22.7 Å². The lowest BCUT2D eigenvalue weighted by Gasteiger charge is -2.23. The van der Waals surface area contributed by atoms with Gasteiger partial charge in [-0.25, -0.2) is 4.79 Å². The van der Waals surface area contributed by atoms with Crippen LogP contribution in [0.2, 0.25) is 0 Å². The van der Waals surface area contributed by atoms with Crippen LogP contribution >= 0.6 is 22.7 Å². The summed E-state index contributed by atoms with van der Waals surface area (Å²) in [5.74, 6) is 5.31. The number of likely N-dealkylation sites (N-methyl/N-ethyl adjacent to an activating group) is 1. The van der Waals surface area contributed by atoms with E-state index in [0.717, 1.165) is 71.0 Å². The molecule has 4 rings (SSSR count). The summed E-state index contributed by atoms with van der Waals surface area (Å²) in [6, 6.07) is 3.57. The number of rotatable bonds is 16. The summed E-state index contributed by atoms with van der Waals surface area (Å²) in [4.78, 5) is 47.1. The van der Waals surface area contributed by atoms with Crippen molar-refractivity contribution in [2.24, 2.45) is 10.9 Å². The number of ketones is 1. The van der Waals surface area contributed by atoms with Gasteiger partial charge in [0.05, 0.1) is 39.2 Å². The predicted molar refractivity (Wildman–Crippen MR) is 240 cm³/mol. The molecule has 0 saturated heterocycles. The van der Waals surface area contributed by atoms with E-state index < -0.39 is 24.1 Å². The second-order valence-corrected chi connectivity index (χ2v) is 16.9. The van der Waals surface area contributed by atoms with Gasteiger partial charge in [-0.3, -0.25) is 14.6 Å². The van der Waals surface area contributed by atoms with Gasteiger partial charge in [0.15, 0.2) is 17.9 Å². The molecule has 2 aromatic rings. The molecule has 0 N–H and O–H groups in total. The number of hydrogen-bond donors (Lipinski definition) is 0. The molecule has 0 aromatic carbocycles. The summed E-state index contributed by atoms with van der Waals surface area (Å²) < 4.78 is 10.5.